The molecule has 2 aromatic rings. The van der Waals surface area contributed by atoms with Crippen molar-refractivity contribution in [1.29, 1.82) is 0 Å². The summed E-state index contributed by atoms with van der Waals surface area (Å²) in [5.74, 6) is -0.00189. The van der Waals surface area contributed by atoms with Crippen LogP contribution in [0.2, 0.25) is 0 Å². The fourth-order valence-corrected chi connectivity index (χ4v) is 3.90. The molecule has 0 saturated heterocycles. The Balaban J connectivity index is 1.58. The maximum absolute atomic E-state index is 12.4. The van der Waals surface area contributed by atoms with Crippen LogP contribution in [0.15, 0.2) is 54.6 Å². The van der Waals surface area contributed by atoms with Gasteiger partial charge in [0.25, 0.3) is 5.91 Å². The number of rotatable bonds is 17. The Morgan fingerprint density at radius 3 is 2.00 bits per heavy atom. The van der Waals surface area contributed by atoms with Crippen molar-refractivity contribution in [2.24, 2.45) is 0 Å². The highest BCUT2D eigenvalue weighted by atomic mass is 16.3. The molecule has 3 N–H and O–H groups in total. The van der Waals surface area contributed by atoms with Crippen LogP contribution in [0.3, 0.4) is 0 Å². The molecule has 0 aromatic heterocycles. The molecule has 0 aliphatic carbocycles. The molecule has 2 aromatic carbocycles. The predicted octanol–water partition coefficient (Wildman–Crippen LogP) is 6.16. The first-order valence-corrected chi connectivity index (χ1v) is 12.5. The van der Waals surface area contributed by atoms with E-state index in [0.717, 1.165) is 24.1 Å². The number of carbonyl (C=O) groups excluding carboxylic acids is 1. The summed E-state index contributed by atoms with van der Waals surface area (Å²) in [6.07, 6.45) is 13.0. The van der Waals surface area contributed by atoms with Crippen LogP contribution in [0.4, 0.5) is 0 Å². The molecule has 2 rings (SSSR count). The van der Waals surface area contributed by atoms with Gasteiger partial charge < -0.3 is 15.7 Å². The van der Waals surface area contributed by atoms with Crippen LogP contribution in [0.25, 0.3) is 0 Å². The second-order valence-electron chi connectivity index (χ2n) is 8.66. The molecule has 4 nitrogen and oxygen atoms in total. The molecule has 1 amide bonds. The fraction of sp³-hybridized carbons (Fsp3) is 0.536. The minimum Gasteiger partial charge on any atom is -0.394 e. The zero-order valence-electron chi connectivity index (χ0n) is 19.8. The quantitative estimate of drug-likeness (QED) is 0.259. The number of hydrogen-bond acceptors (Lipinski definition) is 3. The lowest BCUT2D eigenvalue weighted by molar-refractivity contribution is 0.0953. The minimum absolute atomic E-state index is 0.00189. The molecule has 1 unspecified atom stereocenters. The van der Waals surface area contributed by atoms with Gasteiger partial charge in [-0.15, -0.1) is 0 Å². The van der Waals surface area contributed by atoms with Gasteiger partial charge in [-0.05, 0) is 29.7 Å². The summed E-state index contributed by atoms with van der Waals surface area (Å²) >= 11 is 0. The summed E-state index contributed by atoms with van der Waals surface area (Å²) in [4.78, 5) is 12.4. The molecule has 0 saturated carbocycles. The number of carbonyl (C=O) groups is 1. The standard InChI is InChI=1S/C28H42N2O2/c1-2-3-4-5-6-7-8-9-10-14-21-29-28(32)26-19-17-24(18-20-26)22-30-27(23-31)25-15-12-11-13-16-25/h11-13,15-20,27,30-31H,2-10,14,21-23H2,1H3,(H,29,32). The Morgan fingerprint density at radius 1 is 0.812 bits per heavy atom. The van der Waals surface area contributed by atoms with E-state index >= 15 is 0 Å². The molecule has 4 heteroatoms. The van der Waals surface area contributed by atoms with Crippen LogP contribution < -0.4 is 10.6 Å². The normalized spacial score (nSPS) is 11.9. The van der Waals surface area contributed by atoms with E-state index in [9.17, 15) is 9.90 Å². The van der Waals surface area contributed by atoms with Crippen molar-refractivity contribution in [3.8, 4) is 0 Å². The fourth-order valence-electron chi connectivity index (χ4n) is 3.90. The summed E-state index contributed by atoms with van der Waals surface area (Å²) in [5.41, 5.74) is 2.85. The van der Waals surface area contributed by atoms with Crippen LogP contribution in [0.5, 0.6) is 0 Å². The molecule has 0 spiro atoms. The third kappa shape index (κ3) is 10.4. The third-order valence-electron chi connectivity index (χ3n) is 5.97. The Labute approximate surface area is 194 Å². The minimum atomic E-state index is -0.0970. The van der Waals surface area contributed by atoms with Gasteiger partial charge in [0.05, 0.1) is 12.6 Å². The van der Waals surface area contributed by atoms with Crippen molar-refractivity contribution in [3.63, 3.8) is 0 Å². The Morgan fingerprint density at radius 2 is 1.41 bits per heavy atom. The molecule has 0 bridgehead atoms. The van der Waals surface area contributed by atoms with Crippen LogP contribution in [-0.2, 0) is 6.54 Å². The zero-order chi connectivity index (χ0) is 22.9. The smallest absolute Gasteiger partial charge is 0.251 e. The molecule has 0 aliphatic rings. The molecule has 0 heterocycles. The molecule has 32 heavy (non-hydrogen) atoms. The van der Waals surface area contributed by atoms with E-state index in [1.165, 1.54) is 57.8 Å². The average Bonchev–Trinajstić information content (AvgIpc) is 2.84. The molecule has 0 fully saturated rings. The van der Waals surface area contributed by atoms with E-state index in [-0.39, 0.29) is 18.6 Å². The molecular formula is C28H42N2O2. The van der Waals surface area contributed by atoms with Gasteiger partial charge in [-0.25, -0.2) is 0 Å². The summed E-state index contributed by atoms with van der Waals surface area (Å²) in [7, 11) is 0. The highest BCUT2D eigenvalue weighted by Crippen LogP contribution is 2.13. The molecular weight excluding hydrogens is 396 g/mol. The van der Waals surface area contributed by atoms with Gasteiger partial charge in [-0.1, -0.05) is 107 Å². The monoisotopic (exact) mass is 438 g/mol. The van der Waals surface area contributed by atoms with E-state index in [1.54, 1.807) is 0 Å². The number of hydrogen-bond donors (Lipinski definition) is 3. The van der Waals surface area contributed by atoms with Gasteiger partial charge in [0.15, 0.2) is 0 Å². The summed E-state index contributed by atoms with van der Waals surface area (Å²) in [6.45, 7) is 3.69. The van der Waals surface area contributed by atoms with Gasteiger partial charge in [0.2, 0.25) is 0 Å². The maximum Gasteiger partial charge on any atom is 0.251 e. The number of benzene rings is 2. The summed E-state index contributed by atoms with van der Waals surface area (Å²) in [5, 5.41) is 16.1. The highest BCUT2D eigenvalue weighted by molar-refractivity contribution is 5.94. The lowest BCUT2D eigenvalue weighted by atomic mass is 10.1. The number of nitrogens with one attached hydrogen (secondary N) is 2. The van der Waals surface area contributed by atoms with Gasteiger partial charge in [-0.3, -0.25) is 4.79 Å². The first kappa shape index (κ1) is 26.1. The van der Waals surface area contributed by atoms with E-state index in [2.05, 4.69) is 17.6 Å². The summed E-state index contributed by atoms with van der Waals surface area (Å²) in [6, 6.07) is 17.5. The van der Waals surface area contributed by atoms with Crippen molar-refractivity contribution < 1.29 is 9.90 Å². The number of unbranched alkanes of at least 4 members (excludes halogenated alkanes) is 9. The van der Waals surface area contributed by atoms with E-state index in [0.29, 0.717) is 12.1 Å². The second kappa shape index (κ2) is 16.5. The first-order chi connectivity index (χ1) is 15.7. The highest BCUT2D eigenvalue weighted by Gasteiger charge is 2.10. The van der Waals surface area contributed by atoms with Crippen LogP contribution in [0, 0.1) is 0 Å². The van der Waals surface area contributed by atoms with Crippen molar-refractivity contribution in [2.75, 3.05) is 13.2 Å². The van der Waals surface area contributed by atoms with E-state index in [1.807, 2.05) is 54.6 Å². The lowest BCUT2D eigenvalue weighted by Gasteiger charge is -2.17. The van der Waals surface area contributed by atoms with Crippen molar-refractivity contribution >= 4 is 5.91 Å². The van der Waals surface area contributed by atoms with Crippen molar-refractivity contribution in [2.45, 2.75) is 83.7 Å². The van der Waals surface area contributed by atoms with Crippen molar-refractivity contribution in [3.05, 3.63) is 71.3 Å². The maximum atomic E-state index is 12.4. The van der Waals surface area contributed by atoms with Gasteiger partial charge in [0.1, 0.15) is 0 Å². The zero-order valence-corrected chi connectivity index (χ0v) is 19.8. The molecule has 0 radical (unpaired) electrons. The summed E-state index contributed by atoms with van der Waals surface area (Å²) < 4.78 is 0. The van der Waals surface area contributed by atoms with Crippen LogP contribution >= 0.6 is 0 Å². The lowest BCUT2D eigenvalue weighted by Crippen LogP contribution is -2.25. The van der Waals surface area contributed by atoms with E-state index in [4.69, 9.17) is 0 Å². The Hall–Kier alpha value is -2.17. The van der Waals surface area contributed by atoms with E-state index < -0.39 is 0 Å². The molecule has 0 aliphatic heterocycles. The molecule has 1 atom stereocenters. The number of amides is 1. The predicted molar refractivity (Wildman–Crippen MR) is 134 cm³/mol. The Bertz CT molecular complexity index is 731. The molecule has 176 valence electrons. The van der Waals surface area contributed by atoms with Crippen molar-refractivity contribution in [1.82, 2.24) is 10.6 Å². The Kier molecular flexibility index (Phi) is 13.4. The third-order valence-corrected chi connectivity index (χ3v) is 5.97. The average molecular weight is 439 g/mol. The SMILES string of the molecule is CCCCCCCCCCCCNC(=O)c1ccc(CNC(CO)c2ccccc2)cc1. The van der Waals surface area contributed by atoms with Gasteiger partial charge in [-0.2, -0.15) is 0 Å². The van der Waals surface area contributed by atoms with Gasteiger partial charge in [0, 0.05) is 18.7 Å². The number of aliphatic hydroxyl groups is 1. The second-order valence-corrected chi connectivity index (χ2v) is 8.66. The van der Waals surface area contributed by atoms with Gasteiger partial charge >= 0.3 is 0 Å². The first-order valence-electron chi connectivity index (χ1n) is 12.5. The number of aliphatic hydroxyl groups excluding tert-OH is 1. The van der Waals surface area contributed by atoms with Crippen LogP contribution in [0.1, 0.15) is 98.7 Å². The van der Waals surface area contributed by atoms with Crippen LogP contribution in [-0.4, -0.2) is 24.2 Å². The largest absolute Gasteiger partial charge is 0.394 e. The topological polar surface area (TPSA) is 61.4 Å².